The van der Waals surface area contributed by atoms with Gasteiger partial charge in [0.25, 0.3) is 0 Å². The zero-order valence-electron chi connectivity index (χ0n) is 9.95. The monoisotopic (exact) mass is 214 g/mol. The highest BCUT2D eigenvalue weighted by atomic mass is 16.5. The summed E-state index contributed by atoms with van der Waals surface area (Å²) >= 11 is 0. The molecule has 1 saturated heterocycles. The van der Waals surface area contributed by atoms with Gasteiger partial charge < -0.3 is 15.4 Å². The molecular weight excluding hydrogens is 192 g/mol. The Kier molecular flexibility index (Phi) is 4.11. The van der Waals surface area contributed by atoms with E-state index in [0.29, 0.717) is 19.5 Å². The van der Waals surface area contributed by atoms with Gasteiger partial charge in [-0.1, -0.05) is 6.92 Å². The molecule has 2 N–H and O–H groups in total. The zero-order chi connectivity index (χ0) is 11.5. The summed E-state index contributed by atoms with van der Waals surface area (Å²) in [5, 5.41) is 0. The van der Waals surface area contributed by atoms with E-state index in [1.54, 1.807) is 7.11 Å². The van der Waals surface area contributed by atoms with Gasteiger partial charge >= 0.3 is 0 Å². The van der Waals surface area contributed by atoms with Gasteiger partial charge in [-0.25, -0.2) is 0 Å². The van der Waals surface area contributed by atoms with Gasteiger partial charge in [-0.2, -0.15) is 0 Å². The van der Waals surface area contributed by atoms with Crippen LogP contribution in [0.3, 0.4) is 0 Å². The van der Waals surface area contributed by atoms with E-state index in [0.717, 1.165) is 12.8 Å². The third-order valence-corrected chi connectivity index (χ3v) is 3.24. The van der Waals surface area contributed by atoms with Crippen LogP contribution in [0.15, 0.2) is 0 Å². The molecule has 88 valence electrons. The standard InChI is InChI=1S/C11H22N2O2/c1-4-11(12)7-13(8-11)10(14)6-5-9(2)15-3/h9H,4-8,12H2,1-3H3. The maximum Gasteiger partial charge on any atom is 0.222 e. The van der Waals surface area contributed by atoms with Crippen molar-refractivity contribution in [3.63, 3.8) is 0 Å². The molecule has 1 unspecified atom stereocenters. The number of carbonyl (C=O) groups is 1. The van der Waals surface area contributed by atoms with E-state index in [9.17, 15) is 4.79 Å². The Balaban J connectivity index is 2.21. The lowest BCUT2D eigenvalue weighted by Crippen LogP contribution is -2.68. The Morgan fingerprint density at radius 3 is 2.67 bits per heavy atom. The van der Waals surface area contributed by atoms with E-state index in [4.69, 9.17) is 10.5 Å². The topological polar surface area (TPSA) is 55.6 Å². The minimum atomic E-state index is -0.122. The van der Waals surface area contributed by atoms with Crippen LogP contribution in [-0.4, -0.2) is 42.6 Å². The molecule has 1 aliphatic heterocycles. The smallest absolute Gasteiger partial charge is 0.222 e. The lowest BCUT2D eigenvalue weighted by Gasteiger charge is -2.47. The molecule has 4 heteroatoms. The van der Waals surface area contributed by atoms with Crippen molar-refractivity contribution < 1.29 is 9.53 Å². The van der Waals surface area contributed by atoms with Crippen LogP contribution in [-0.2, 0) is 9.53 Å². The first kappa shape index (κ1) is 12.5. The molecule has 1 atom stereocenters. The summed E-state index contributed by atoms with van der Waals surface area (Å²) in [6, 6.07) is 0. The van der Waals surface area contributed by atoms with Crippen LogP contribution in [0.1, 0.15) is 33.1 Å². The Hall–Kier alpha value is -0.610. The first-order valence-corrected chi connectivity index (χ1v) is 5.60. The molecule has 0 saturated carbocycles. The fourth-order valence-electron chi connectivity index (χ4n) is 1.72. The molecular formula is C11H22N2O2. The minimum absolute atomic E-state index is 0.122. The molecule has 0 spiro atoms. The molecule has 0 radical (unpaired) electrons. The number of nitrogens with zero attached hydrogens (tertiary/aromatic N) is 1. The number of amides is 1. The fraction of sp³-hybridized carbons (Fsp3) is 0.909. The number of likely N-dealkylation sites (tertiary alicyclic amines) is 1. The molecule has 1 rings (SSSR count). The van der Waals surface area contributed by atoms with Crippen molar-refractivity contribution in [1.29, 1.82) is 0 Å². The summed E-state index contributed by atoms with van der Waals surface area (Å²) in [6.07, 6.45) is 2.44. The van der Waals surface area contributed by atoms with Gasteiger partial charge in [-0.15, -0.1) is 0 Å². The van der Waals surface area contributed by atoms with Crippen molar-refractivity contribution in [2.45, 2.75) is 44.8 Å². The van der Waals surface area contributed by atoms with Gasteiger partial charge in [-0.3, -0.25) is 4.79 Å². The lowest BCUT2D eigenvalue weighted by molar-refractivity contribution is -0.139. The van der Waals surface area contributed by atoms with Crippen molar-refractivity contribution in [3.8, 4) is 0 Å². The molecule has 0 aromatic rings. The number of nitrogens with two attached hydrogens (primary N) is 1. The Morgan fingerprint density at radius 1 is 1.60 bits per heavy atom. The first-order valence-electron chi connectivity index (χ1n) is 5.60. The zero-order valence-corrected chi connectivity index (χ0v) is 9.95. The van der Waals surface area contributed by atoms with Crippen molar-refractivity contribution in [3.05, 3.63) is 0 Å². The maximum absolute atomic E-state index is 11.7. The van der Waals surface area contributed by atoms with Crippen LogP contribution in [0.5, 0.6) is 0 Å². The van der Waals surface area contributed by atoms with Gasteiger partial charge in [0.15, 0.2) is 0 Å². The Morgan fingerprint density at radius 2 is 2.20 bits per heavy atom. The number of rotatable bonds is 5. The fourth-order valence-corrected chi connectivity index (χ4v) is 1.72. The van der Waals surface area contributed by atoms with Gasteiger partial charge in [0.2, 0.25) is 5.91 Å². The van der Waals surface area contributed by atoms with Gasteiger partial charge in [0.1, 0.15) is 0 Å². The molecule has 0 aromatic heterocycles. The number of ether oxygens (including phenoxy) is 1. The van der Waals surface area contributed by atoms with Gasteiger partial charge in [0.05, 0.1) is 11.6 Å². The average molecular weight is 214 g/mol. The van der Waals surface area contributed by atoms with E-state index in [1.165, 1.54) is 0 Å². The van der Waals surface area contributed by atoms with E-state index in [-0.39, 0.29) is 17.6 Å². The SMILES string of the molecule is CCC1(N)CN(C(=O)CCC(C)OC)C1. The second-order valence-corrected chi connectivity index (χ2v) is 4.55. The van der Waals surface area contributed by atoms with Gasteiger partial charge in [0, 0.05) is 26.6 Å². The highest BCUT2D eigenvalue weighted by Crippen LogP contribution is 2.22. The number of carbonyl (C=O) groups excluding carboxylic acids is 1. The second kappa shape index (κ2) is 4.94. The molecule has 0 bridgehead atoms. The van der Waals surface area contributed by atoms with Crippen LogP contribution in [0.2, 0.25) is 0 Å². The van der Waals surface area contributed by atoms with Crippen LogP contribution in [0, 0.1) is 0 Å². The predicted molar refractivity (Wildman–Crippen MR) is 59.5 cm³/mol. The Labute approximate surface area is 91.8 Å². The predicted octanol–water partition coefficient (Wildman–Crippen LogP) is 0.751. The van der Waals surface area contributed by atoms with E-state index in [1.807, 2.05) is 11.8 Å². The highest BCUT2D eigenvalue weighted by Gasteiger charge is 2.39. The highest BCUT2D eigenvalue weighted by molar-refractivity contribution is 5.77. The first-order chi connectivity index (χ1) is 7.00. The van der Waals surface area contributed by atoms with Crippen molar-refractivity contribution in [1.82, 2.24) is 4.90 Å². The largest absolute Gasteiger partial charge is 0.382 e. The summed E-state index contributed by atoms with van der Waals surface area (Å²) in [6.45, 7) is 5.46. The molecule has 1 amide bonds. The van der Waals surface area contributed by atoms with Crippen molar-refractivity contribution >= 4 is 5.91 Å². The molecule has 0 aromatic carbocycles. The van der Waals surface area contributed by atoms with E-state index < -0.39 is 0 Å². The van der Waals surface area contributed by atoms with Crippen molar-refractivity contribution in [2.75, 3.05) is 20.2 Å². The summed E-state index contributed by atoms with van der Waals surface area (Å²) in [5.41, 5.74) is 5.87. The third-order valence-electron chi connectivity index (χ3n) is 3.24. The molecule has 1 heterocycles. The number of hydrogen-bond donors (Lipinski definition) is 1. The maximum atomic E-state index is 11.7. The van der Waals surface area contributed by atoms with Crippen LogP contribution >= 0.6 is 0 Å². The average Bonchev–Trinajstić information content (AvgIpc) is 2.20. The van der Waals surface area contributed by atoms with Crippen LogP contribution < -0.4 is 5.73 Å². The van der Waals surface area contributed by atoms with Crippen LogP contribution in [0.25, 0.3) is 0 Å². The second-order valence-electron chi connectivity index (χ2n) is 4.55. The van der Waals surface area contributed by atoms with Gasteiger partial charge in [-0.05, 0) is 19.8 Å². The van der Waals surface area contributed by atoms with E-state index >= 15 is 0 Å². The minimum Gasteiger partial charge on any atom is -0.382 e. The summed E-state index contributed by atoms with van der Waals surface area (Å²) in [4.78, 5) is 13.5. The Bertz CT molecular complexity index is 225. The molecule has 1 aliphatic rings. The lowest BCUT2D eigenvalue weighted by atomic mass is 9.88. The molecule has 0 aliphatic carbocycles. The molecule has 1 fully saturated rings. The quantitative estimate of drug-likeness (QED) is 0.735. The van der Waals surface area contributed by atoms with Crippen molar-refractivity contribution in [2.24, 2.45) is 5.73 Å². The normalized spacial score (nSPS) is 20.9. The third kappa shape index (κ3) is 3.18. The number of hydrogen-bond acceptors (Lipinski definition) is 3. The summed E-state index contributed by atoms with van der Waals surface area (Å²) in [7, 11) is 1.67. The van der Waals surface area contributed by atoms with E-state index in [2.05, 4.69) is 6.92 Å². The molecule has 4 nitrogen and oxygen atoms in total. The summed E-state index contributed by atoms with van der Waals surface area (Å²) < 4.78 is 5.10. The number of methoxy groups -OCH3 is 1. The van der Waals surface area contributed by atoms with Crippen LogP contribution in [0.4, 0.5) is 0 Å². The molecule has 15 heavy (non-hydrogen) atoms. The summed E-state index contributed by atoms with van der Waals surface area (Å²) in [5.74, 6) is 0.202.